The van der Waals surface area contributed by atoms with E-state index in [4.69, 9.17) is 0 Å². The summed E-state index contributed by atoms with van der Waals surface area (Å²) in [7, 11) is 1.92. The van der Waals surface area contributed by atoms with Crippen LogP contribution < -0.4 is 10.6 Å². The number of carbonyl (C=O) groups excluding carboxylic acids is 1. The molecule has 1 aromatic heterocycles. The number of halogens is 1. The van der Waals surface area contributed by atoms with E-state index in [1.165, 1.54) is 0 Å². The van der Waals surface area contributed by atoms with Crippen molar-refractivity contribution in [2.75, 3.05) is 19.6 Å². The number of carbonyl (C=O) groups is 1. The second kappa shape index (κ2) is 11.3. The zero-order valence-corrected chi connectivity index (χ0v) is 17.8. The number of likely N-dealkylation sites (tertiary alicyclic amines) is 1. The van der Waals surface area contributed by atoms with Crippen LogP contribution >= 0.6 is 24.0 Å². The molecule has 1 amide bonds. The third-order valence-corrected chi connectivity index (χ3v) is 4.46. The Morgan fingerprint density at radius 2 is 2.20 bits per heavy atom. The summed E-state index contributed by atoms with van der Waals surface area (Å²) in [5.74, 6) is 1.11. The minimum atomic E-state index is 0. The Balaban J connectivity index is 0.00000312. The highest BCUT2D eigenvalue weighted by Gasteiger charge is 2.26. The maximum absolute atomic E-state index is 11.9. The Bertz CT molecular complexity index is 559. The van der Waals surface area contributed by atoms with E-state index in [0.29, 0.717) is 24.9 Å². The number of aryl methyl sites for hydroxylation is 1. The predicted octanol–water partition coefficient (Wildman–Crippen LogP) is 1.88. The minimum absolute atomic E-state index is 0. The van der Waals surface area contributed by atoms with Crippen LogP contribution in [0, 0.1) is 0 Å². The summed E-state index contributed by atoms with van der Waals surface area (Å²) >= 11 is 0. The molecule has 1 saturated heterocycles. The van der Waals surface area contributed by atoms with Gasteiger partial charge in [0.2, 0.25) is 5.91 Å². The molecule has 1 aliphatic rings. The normalized spacial score (nSPS) is 15.9. The van der Waals surface area contributed by atoms with Crippen LogP contribution in [0.5, 0.6) is 0 Å². The minimum Gasteiger partial charge on any atom is -0.357 e. The van der Waals surface area contributed by atoms with Gasteiger partial charge in [-0.05, 0) is 32.3 Å². The van der Waals surface area contributed by atoms with Gasteiger partial charge in [-0.1, -0.05) is 6.92 Å². The second-order valence-corrected chi connectivity index (χ2v) is 6.11. The first-order valence-electron chi connectivity index (χ1n) is 8.94. The number of guanidine groups is 1. The van der Waals surface area contributed by atoms with E-state index in [2.05, 4.69) is 34.6 Å². The molecule has 2 heterocycles. The van der Waals surface area contributed by atoms with Gasteiger partial charge in [0.25, 0.3) is 0 Å². The third kappa shape index (κ3) is 6.48. The molecule has 142 valence electrons. The fourth-order valence-corrected chi connectivity index (χ4v) is 3.05. The Labute approximate surface area is 167 Å². The van der Waals surface area contributed by atoms with Crippen LogP contribution in [0.3, 0.4) is 0 Å². The summed E-state index contributed by atoms with van der Waals surface area (Å²) in [5, 5.41) is 10.8. The lowest BCUT2D eigenvalue weighted by Crippen LogP contribution is -2.42. The summed E-state index contributed by atoms with van der Waals surface area (Å²) < 4.78 is 1.83. The maximum atomic E-state index is 11.9. The van der Waals surface area contributed by atoms with Crippen LogP contribution in [-0.4, -0.2) is 52.2 Å². The smallest absolute Gasteiger partial charge is 0.222 e. The quantitative estimate of drug-likeness (QED) is 0.352. The van der Waals surface area contributed by atoms with Crippen molar-refractivity contribution in [2.45, 2.75) is 52.1 Å². The molecule has 0 saturated carbocycles. The average molecular weight is 462 g/mol. The van der Waals surface area contributed by atoms with E-state index in [1.54, 1.807) is 6.20 Å². The Morgan fingerprint density at radius 3 is 2.76 bits per heavy atom. The molecule has 0 spiro atoms. The van der Waals surface area contributed by atoms with Crippen molar-refractivity contribution in [3.8, 4) is 0 Å². The van der Waals surface area contributed by atoms with E-state index in [9.17, 15) is 4.79 Å². The van der Waals surface area contributed by atoms with Crippen molar-refractivity contribution in [1.29, 1.82) is 0 Å². The van der Waals surface area contributed by atoms with Gasteiger partial charge in [-0.3, -0.25) is 9.48 Å². The first-order valence-corrected chi connectivity index (χ1v) is 8.94. The first kappa shape index (κ1) is 21.7. The Hall–Kier alpha value is -1.32. The maximum Gasteiger partial charge on any atom is 0.222 e. The van der Waals surface area contributed by atoms with E-state index >= 15 is 0 Å². The van der Waals surface area contributed by atoms with Crippen molar-refractivity contribution in [3.05, 3.63) is 18.0 Å². The Morgan fingerprint density at radius 1 is 1.40 bits per heavy atom. The second-order valence-electron chi connectivity index (χ2n) is 6.11. The number of hydrogen-bond acceptors (Lipinski definition) is 3. The van der Waals surface area contributed by atoms with Crippen LogP contribution in [-0.2, 0) is 18.4 Å². The van der Waals surface area contributed by atoms with Crippen LogP contribution in [0.1, 0.15) is 45.2 Å². The summed E-state index contributed by atoms with van der Waals surface area (Å²) in [6, 6.07) is 2.30. The third-order valence-electron chi connectivity index (χ3n) is 4.46. The van der Waals surface area contributed by atoms with Crippen molar-refractivity contribution in [2.24, 2.45) is 12.0 Å². The largest absolute Gasteiger partial charge is 0.357 e. The highest BCUT2D eigenvalue weighted by atomic mass is 127. The number of rotatable bonds is 8. The molecule has 2 N–H and O–H groups in total. The van der Waals surface area contributed by atoms with E-state index in [-0.39, 0.29) is 24.0 Å². The van der Waals surface area contributed by atoms with Crippen molar-refractivity contribution in [3.63, 3.8) is 0 Å². The van der Waals surface area contributed by atoms with Crippen molar-refractivity contribution >= 4 is 35.8 Å². The summed E-state index contributed by atoms with van der Waals surface area (Å²) in [6.07, 6.45) is 5.43. The number of nitrogens with zero attached hydrogens (tertiary/aromatic N) is 4. The number of hydrogen-bond donors (Lipinski definition) is 2. The lowest BCUT2D eigenvalue weighted by molar-refractivity contribution is -0.129. The topological polar surface area (TPSA) is 74.6 Å². The lowest BCUT2D eigenvalue weighted by Gasteiger charge is -2.27. The van der Waals surface area contributed by atoms with Gasteiger partial charge < -0.3 is 15.5 Å². The first-order chi connectivity index (χ1) is 11.7. The zero-order chi connectivity index (χ0) is 17.4. The van der Waals surface area contributed by atoms with Crippen LogP contribution in [0.25, 0.3) is 0 Å². The van der Waals surface area contributed by atoms with Crippen LogP contribution in [0.15, 0.2) is 17.3 Å². The highest BCUT2D eigenvalue weighted by molar-refractivity contribution is 14.0. The van der Waals surface area contributed by atoms with Gasteiger partial charge >= 0.3 is 0 Å². The number of amides is 1. The molecule has 0 bridgehead atoms. The molecule has 8 heteroatoms. The van der Waals surface area contributed by atoms with Gasteiger partial charge in [-0.15, -0.1) is 24.0 Å². The highest BCUT2D eigenvalue weighted by Crippen LogP contribution is 2.17. The summed E-state index contributed by atoms with van der Waals surface area (Å²) in [6.45, 7) is 7.33. The van der Waals surface area contributed by atoms with Crippen molar-refractivity contribution in [1.82, 2.24) is 25.3 Å². The van der Waals surface area contributed by atoms with Gasteiger partial charge in [-0.2, -0.15) is 5.10 Å². The molecule has 0 radical (unpaired) electrons. The van der Waals surface area contributed by atoms with E-state index < -0.39 is 0 Å². The van der Waals surface area contributed by atoms with Gasteiger partial charge in [0.15, 0.2) is 5.96 Å². The van der Waals surface area contributed by atoms with Gasteiger partial charge in [0.1, 0.15) is 0 Å². The molecular weight excluding hydrogens is 431 g/mol. The number of nitrogens with one attached hydrogen (secondary N) is 2. The fraction of sp³-hybridized carbons (Fsp3) is 0.706. The molecule has 7 nitrogen and oxygen atoms in total. The molecule has 0 aliphatic carbocycles. The SMILES string of the molecule is CCNC(=NCc1ccnn1C)NCCC(CC)N1CCCC1=O.I. The lowest BCUT2D eigenvalue weighted by atomic mass is 10.1. The standard InChI is InChI=1S/C17H30N6O.HI/c1-4-14(23-12-6-7-16(23)24)8-10-19-17(18-5-2)20-13-15-9-11-21-22(15)3;/h9,11,14H,4-8,10,12-13H2,1-3H3,(H2,18,19,20);1H. The van der Waals surface area contributed by atoms with Crippen LogP contribution in [0.2, 0.25) is 0 Å². The number of aromatic nitrogens is 2. The zero-order valence-electron chi connectivity index (χ0n) is 15.5. The Kier molecular flexibility index (Phi) is 9.84. The predicted molar refractivity (Wildman–Crippen MR) is 111 cm³/mol. The molecule has 0 aromatic carbocycles. The van der Waals surface area contributed by atoms with Gasteiger partial charge in [0, 0.05) is 45.3 Å². The molecule has 1 aliphatic heterocycles. The molecule has 1 aromatic rings. The summed E-state index contributed by atoms with van der Waals surface area (Å²) in [4.78, 5) is 18.5. The molecule has 1 fully saturated rings. The molecule has 1 unspecified atom stereocenters. The van der Waals surface area contributed by atoms with Gasteiger partial charge in [-0.25, -0.2) is 4.99 Å². The van der Waals surface area contributed by atoms with Crippen molar-refractivity contribution < 1.29 is 4.79 Å². The average Bonchev–Trinajstić information content (AvgIpc) is 3.17. The monoisotopic (exact) mass is 462 g/mol. The number of aliphatic imine (C=N–C) groups is 1. The van der Waals surface area contributed by atoms with Crippen LogP contribution in [0.4, 0.5) is 0 Å². The van der Waals surface area contributed by atoms with Gasteiger partial charge in [0.05, 0.1) is 12.2 Å². The molecule has 25 heavy (non-hydrogen) atoms. The van der Waals surface area contributed by atoms with E-state index in [1.807, 2.05) is 22.7 Å². The summed E-state index contributed by atoms with van der Waals surface area (Å²) in [5.41, 5.74) is 1.07. The fourth-order valence-electron chi connectivity index (χ4n) is 3.05. The molecule has 2 rings (SSSR count). The molecular formula is C17H31IN6O. The van der Waals surface area contributed by atoms with E-state index in [0.717, 1.165) is 50.6 Å². The molecule has 1 atom stereocenters.